The lowest BCUT2D eigenvalue weighted by molar-refractivity contribution is -0.392. The van der Waals surface area contributed by atoms with Gasteiger partial charge in [0.15, 0.2) is 5.56 Å². The number of halogens is 4. The third-order valence-electron chi connectivity index (χ3n) is 1.56. The molecule has 0 spiro atoms. The number of aromatic nitrogens is 1. The minimum Gasteiger partial charge on any atom is -0.358 e. The first-order valence-corrected chi connectivity index (χ1v) is 4.75. The van der Waals surface area contributed by atoms with Gasteiger partial charge in [0, 0.05) is 10.9 Å². The molecule has 0 atom stereocenters. The van der Waals surface area contributed by atoms with E-state index >= 15 is 0 Å². The van der Waals surface area contributed by atoms with Crippen molar-refractivity contribution < 1.29 is 18.1 Å². The predicted octanol–water partition coefficient (Wildman–Crippen LogP) is 2.90. The largest absolute Gasteiger partial charge is 0.424 e. The van der Waals surface area contributed by atoms with Gasteiger partial charge in [-0.2, -0.15) is 13.2 Å². The van der Waals surface area contributed by atoms with Gasteiger partial charge in [-0.05, 0) is 16.0 Å². The van der Waals surface area contributed by atoms with Gasteiger partial charge in [0.05, 0.1) is 0 Å². The second-order valence-corrected chi connectivity index (χ2v) is 3.16. The van der Waals surface area contributed by atoms with Crippen molar-refractivity contribution >= 4 is 21.7 Å². The van der Waals surface area contributed by atoms with Crippen LogP contribution in [0.1, 0.15) is 11.1 Å². The number of hydrogen-bond donors (Lipinski definition) is 0. The van der Waals surface area contributed by atoms with Crippen LogP contribution in [-0.2, 0) is 11.5 Å². The van der Waals surface area contributed by atoms with Crippen LogP contribution in [0.4, 0.5) is 19.0 Å². The van der Waals surface area contributed by atoms with Gasteiger partial charge in [0.2, 0.25) is 0 Å². The smallest absolute Gasteiger partial charge is 0.358 e. The van der Waals surface area contributed by atoms with Gasteiger partial charge in [-0.3, -0.25) is 0 Å². The molecule has 0 aliphatic rings. The third kappa shape index (κ3) is 2.65. The van der Waals surface area contributed by atoms with E-state index in [1.165, 1.54) is 0 Å². The third-order valence-corrected chi connectivity index (χ3v) is 2.20. The summed E-state index contributed by atoms with van der Waals surface area (Å²) in [5, 5.41) is 10.5. The van der Waals surface area contributed by atoms with Crippen LogP contribution in [0.15, 0.2) is 12.3 Å². The van der Waals surface area contributed by atoms with E-state index in [9.17, 15) is 23.3 Å². The van der Waals surface area contributed by atoms with Crippen LogP contribution >= 0.6 is 15.9 Å². The van der Waals surface area contributed by atoms with Crippen LogP contribution in [0.5, 0.6) is 0 Å². The summed E-state index contributed by atoms with van der Waals surface area (Å²) in [6.45, 7) is 0. The maximum atomic E-state index is 12.4. The van der Waals surface area contributed by atoms with Crippen LogP contribution in [0.3, 0.4) is 0 Å². The summed E-state index contributed by atoms with van der Waals surface area (Å²) < 4.78 is 37.1. The van der Waals surface area contributed by atoms with Crippen molar-refractivity contribution in [1.29, 1.82) is 0 Å². The van der Waals surface area contributed by atoms with Crippen LogP contribution in [0, 0.1) is 10.1 Å². The zero-order valence-corrected chi connectivity index (χ0v) is 8.67. The molecule has 0 fully saturated rings. The second-order valence-electron chi connectivity index (χ2n) is 2.60. The molecule has 1 aromatic rings. The first kappa shape index (κ1) is 11.9. The van der Waals surface area contributed by atoms with Gasteiger partial charge >= 0.3 is 12.0 Å². The highest BCUT2D eigenvalue weighted by Crippen LogP contribution is 2.35. The topological polar surface area (TPSA) is 56.0 Å². The average molecular weight is 285 g/mol. The van der Waals surface area contributed by atoms with E-state index in [2.05, 4.69) is 20.9 Å². The summed E-state index contributed by atoms with van der Waals surface area (Å²) in [4.78, 5) is 12.3. The Balaban J connectivity index is 3.36. The zero-order valence-electron chi connectivity index (χ0n) is 7.08. The molecule has 1 heterocycles. The van der Waals surface area contributed by atoms with Crippen LogP contribution in [0.25, 0.3) is 0 Å². The summed E-state index contributed by atoms with van der Waals surface area (Å²) in [5.74, 6) is -1.17. The van der Waals surface area contributed by atoms with Crippen molar-refractivity contribution in [3.05, 3.63) is 33.5 Å². The van der Waals surface area contributed by atoms with Gasteiger partial charge in [0.25, 0.3) is 0 Å². The molecule has 1 rings (SSSR count). The molecule has 1 aromatic heterocycles. The zero-order chi connectivity index (χ0) is 11.6. The summed E-state index contributed by atoms with van der Waals surface area (Å²) in [6, 6.07) is 0.708. The van der Waals surface area contributed by atoms with Crippen molar-refractivity contribution in [3.8, 4) is 0 Å². The fourth-order valence-electron chi connectivity index (χ4n) is 0.928. The number of nitro groups is 1. The lowest BCUT2D eigenvalue weighted by atomic mass is 10.2. The van der Waals surface area contributed by atoms with Crippen LogP contribution < -0.4 is 0 Å². The number of pyridine rings is 1. The molecular formula is C7H4BrF3N2O2. The summed E-state index contributed by atoms with van der Waals surface area (Å²) in [7, 11) is 0. The van der Waals surface area contributed by atoms with Crippen LogP contribution in [-0.4, -0.2) is 9.91 Å². The minimum atomic E-state index is -4.77. The number of nitrogens with zero attached hydrogens (tertiary/aromatic N) is 2. The molecule has 0 saturated heterocycles. The molecule has 0 bridgehead atoms. The molecule has 8 heteroatoms. The van der Waals surface area contributed by atoms with E-state index in [0.717, 1.165) is 6.20 Å². The van der Waals surface area contributed by atoms with Crippen molar-refractivity contribution in [2.75, 3.05) is 0 Å². The highest BCUT2D eigenvalue weighted by atomic mass is 79.9. The lowest BCUT2D eigenvalue weighted by Gasteiger charge is -2.07. The van der Waals surface area contributed by atoms with Gasteiger partial charge in [0.1, 0.15) is 6.20 Å². The molecule has 0 aliphatic heterocycles. The molecule has 82 valence electrons. The quantitative estimate of drug-likeness (QED) is 0.477. The van der Waals surface area contributed by atoms with Crippen LogP contribution in [0.2, 0.25) is 0 Å². The van der Waals surface area contributed by atoms with Crippen molar-refractivity contribution in [1.82, 2.24) is 4.98 Å². The molecule has 0 saturated carbocycles. The lowest BCUT2D eigenvalue weighted by Crippen LogP contribution is -2.10. The highest BCUT2D eigenvalue weighted by molar-refractivity contribution is 9.08. The van der Waals surface area contributed by atoms with Crippen molar-refractivity contribution in [2.45, 2.75) is 11.5 Å². The predicted molar refractivity (Wildman–Crippen MR) is 48.5 cm³/mol. The van der Waals surface area contributed by atoms with Gasteiger partial charge in [-0.1, -0.05) is 15.9 Å². The summed E-state index contributed by atoms with van der Waals surface area (Å²) in [5.41, 5.74) is -1.10. The van der Waals surface area contributed by atoms with E-state index in [1.54, 1.807) is 0 Å². The number of hydrogen-bond acceptors (Lipinski definition) is 3. The maximum absolute atomic E-state index is 12.4. The summed E-state index contributed by atoms with van der Waals surface area (Å²) >= 11 is 2.94. The minimum absolute atomic E-state index is 0.154. The normalized spacial score (nSPS) is 11.5. The Hall–Kier alpha value is -1.18. The Morgan fingerprint density at radius 1 is 1.53 bits per heavy atom. The Morgan fingerprint density at radius 3 is 2.53 bits per heavy atom. The molecule has 0 amide bonds. The Kier molecular flexibility index (Phi) is 3.28. The van der Waals surface area contributed by atoms with E-state index < -0.39 is 22.5 Å². The standard InChI is InChI=1S/C7H4BrF3N2O2/c8-2-4-1-5(7(9,10)11)6(12-3-4)13(14)15/h1,3H,2H2. The average Bonchev–Trinajstić information content (AvgIpc) is 2.15. The second kappa shape index (κ2) is 4.13. The van der Waals surface area contributed by atoms with Crippen molar-refractivity contribution in [2.24, 2.45) is 0 Å². The maximum Gasteiger partial charge on any atom is 0.424 e. The first-order chi connectivity index (χ1) is 6.86. The van der Waals surface area contributed by atoms with E-state index in [4.69, 9.17) is 0 Å². The Bertz CT molecular complexity index is 394. The molecule has 0 aromatic carbocycles. The summed E-state index contributed by atoms with van der Waals surface area (Å²) in [6.07, 6.45) is -3.74. The Labute approximate surface area is 90.4 Å². The fraction of sp³-hybridized carbons (Fsp3) is 0.286. The number of rotatable bonds is 2. The van der Waals surface area contributed by atoms with Gasteiger partial charge in [-0.25, -0.2) is 0 Å². The monoisotopic (exact) mass is 284 g/mol. The van der Waals surface area contributed by atoms with E-state index in [-0.39, 0.29) is 10.9 Å². The Morgan fingerprint density at radius 2 is 2.13 bits per heavy atom. The molecule has 0 unspecified atom stereocenters. The fourth-order valence-corrected chi connectivity index (χ4v) is 1.23. The first-order valence-electron chi connectivity index (χ1n) is 3.62. The van der Waals surface area contributed by atoms with Gasteiger partial charge in [-0.15, -0.1) is 0 Å². The van der Waals surface area contributed by atoms with E-state index in [0.29, 0.717) is 6.07 Å². The molecule has 15 heavy (non-hydrogen) atoms. The number of alkyl halides is 4. The molecule has 0 aliphatic carbocycles. The molecular weight excluding hydrogens is 281 g/mol. The molecule has 4 nitrogen and oxygen atoms in total. The molecule has 0 N–H and O–H groups in total. The SMILES string of the molecule is O=[N+]([O-])c1ncc(CBr)cc1C(F)(F)F. The highest BCUT2D eigenvalue weighted by Gasteiger charge is 2.39. The van der Waals surface area contributed by atoms with Crippen molar-refractivity contribution in [3.63, 3.8) is 0 Å². The molecule has 0 radical (unpaired) electrons. The van der Waals surface area contributed by atoms with Gasteiger partial charge < -0.3 is 10.1 Å². The van der Waals surface area contributed by atoms with E-state index in [1.807, 2.05) is 0 Å².